The Kier molecular flexibility index (Phi) is 3.23. The highest BCUT2D eigenvalue weighted by atomic mass is 35.5. The van der Waals surface area contributed by atoms with Crippen molar-refractivity contribution in [3.8, 4) is 0 Å². The summed E-state index contributed by atoms with van der Waals surface area (Å²) in [5.41, 5.74) is -0.0605. The van der Waals surface area contributed by atoms with Crippen molar-refractivity contribution in [3.63, 3.8) is 0 Å². The van der Waals surface area contributed by atoms with Gasteiger partial charge in [0, 0.05) is 10.7 Å². The van der Waals surface area contributed by atoms with Crippen LogP contribution in [0.2, 0.25) is 5.02 Å². The predicted octanol–water partition coefficient (Wildman–Crippen LogP) is 5.00. The third-order valence-corrected chi connectivity index (χ3v) is 5.23. The highest BCUT2D eigenvalue weighted by Crippen LogP contribution is 2.73. The fraction of sp³-hybridized carbons (Fsp3) is 0.278. The zero-order chi connectivity index (χ0) is 17.1. The van der Waals surface area contributed by atoms with Crippen molar-refractivity contribution in [2.45, 2.75) is 18.6 Å². The average Bonchev–Trinajstić information content (AvgIpc) is 3.32. The van der Waals surface area contributed by atoms with Crippen molar-refractivity contribution in [1.29, 1.82) is 0 Å². The van der Waals surface area contributed by atoms with Gasteiger partial charge in [0.1, 0.15) is 0 Å². The number of hydrogen-bond donors (Lipinski definition) is 0. The first-order valence-electron chi connectivity index (χ1n) is 7.56. The molecule has 1 saturated carbocycles. The van der Waals surface area contributed by atoms with E-state index in [1.165, 1.54) is 4.90 Å². The normalized spacial score (nSPS) is 28.8. The van der Waals surface area contributed by atoms with Crippen LogP contribution in [0.5, 0.6) is 0 Å². The molecule has 124 valence electrons. The Morgan fingerprint density at radius 2 is 1.67 bits per heavy atom. The summed E-state index contributed by atoms with van der Waals surface area (Å²) in [5.74, 6) is -2.02. The van der Waals surface area contributed by atoms with E-state index in [1.807, 2.05) is 0 Å². The van der Waals surface area contributed by atoms with Gasteiger partial charge in [-0.3, -0.25) is 4.79 Å². The molecule has 6 heteroatoms. The van der Waals surface area contributed by atoms with Gasteiger partial charge >= 0.3 is 6.18 Å². The maximum Gasteiger partial charge on any atom is 0.392 e. The van der Waals surface area contributed by atoms with E-state index >= 15 is 0 Å². The molecular formula is C18H13ClF3NO. The molecule has 0 N–H and O–H groups in total. The Balaban J connectivity index is 1.76. The smallest absolute Gasteiger partial charge is 0.303 e. The minimum atomic E-state index is -4.35. The number of benzene rings is 2. The number of rotatable bonds is 2. The van der Waals surface area contributed by atoms with E-state index in [4.69, 9.17) is 11.6 Å². The van der Waals surface area contributed by atoms with Crippen LogP contribution < -0.4 is 4.90 Å². The summed E-state index contributed by atoms with van der Waals surface area (Å²) in [6.45, 7) is 0. The largest absolute Gasteiger partial charge is 0.392 e. The van der Waals surface area contributed by atoms with Gasteiger partial charge in [-0.15, -0.1) is 0 Å². The molecule has 0 bridgehead atoms. The van der Waals surface area contributed by atoms with Crippen molar-refractivity contribution in [1.82, 2.24) is 0 Å². The molecule has 24 heavy (non-hydrogen) atoms. The van der Waals surface area contributed by atoms with Gasteiger partial charge in [0.15, 0.2) is 0 Å². The van der Waals surface area contributed by atoms with Crippen LogP contribution in [0.4, 0.5) is 18.9 Å². The number of hydrogen-bond acceptors (Lipinski definition) is 1. The van der Waals surface area contributed by atoms with E-state index in [-0.39, 0.29) is 6.42 Å². The second-order valence-electron chi connectivity index (χ2n) is 6.30. The van der Waals surface area contributed by atoms with Crippen LogP contribution >= 0.6 is 11.6 Å². The van der Waals surface area contributed by atoms with E-state index in [1.54, 1.807) is 54.6 Å². The van der Waals surface area contributed by atoms with Gasteiger partial charge in [-0.05, 0) is 36.2 Å². The number of β-lactam (4-membered cyclic amide) rings is 1. The van der Waals surface area contributed by atoms with Crippen LogP contribution in [-0.2, 0) is 4.79 Å². The number of carbonyl (C=O) groups is 1. The summed E-state index contributed by atoms with van der Waals surface area (Å²) in [4.78, 5) is 14.1. The molecule has 1 heterocycles. The van der Waals surface area contributed by atoms with E-state index in [0.717, 1.165) is 5.56 Å². The Labute approximate surface area is 141 Å². The maximum atomic E-state index is 13.2. The van der Waals surface area contributed by atoms with E-state index < -0.39 is 29.5 Å². The number of nitrogens with zero attached hydrogens (tertiary/aromatic N) is 1. The van der Waals surface area contributed by atoms with Crippen molar-refractivity contribution < 1.29 is 18.0 Å². The summed E-state index contributed by atoms with van der Waals surface area (Å²) in [6.07, 6.45) is -4.49. The van der Waals surface area contributed by atoms with Crippen molar-refractivity contribution in [3.05, 3.63) is 65.2 Å². The molecule has 2 aromatic carbocycles. The number of amides is 1. The van der Waals surface area contributed by atoms with Gasteiger partial charge in [0.2, 0.25) is 5.91 Å². The first-order chi connectivity index (χ1) is 11.4. The minimum absolute atomic E-state index is 0.140. The molecule has 1 saturated heterocycles. The molecule has 1 amide bonds. The van der Waals surface area contributed by atoms with Crippen LogP contribution in [0, 0.1) is 11.3 Å². The lowest BCUT2D eigenvalue weighted by molar-refractivity contribution is -0.168. The zero-order valence-electron chi connectivity index (χ0n) is 12.4. The van der Waals surface area contributed by atoms with Gasteiger partial charge in [0.05, 0.1) is 17.4 Å². The summed E-state index contributed by atoms with van der Waals surface area (Å²) in [6, 6.07) is 14.9. The summed E-state index contributed by atoms with van der Waals surface area (Å²) >= 11 is 5.87. The number of halogens is 4. The molecular weight excluding hydrogens is 339 g/mol. The van der Waals surface area contributed by atoms with E-state index in [9.17, 15) is 18.0 Å². The van der Waals surface area contributed by atoms with E-state index in [0.29, 0.717) is 10.7 Å². The summed E-state index contributed by atoms with van der Waals surface area (Å²) in [5, 5.41) is 0.511. The highest BCUT2D eigenvalue weighted by Gasteiger charge is 2.81. The van der Waals surface area contributed by atoms with Crippen LogP contribution in [0.3, 0.4) is 0 Å². The highest BCUT2D eigenvalue weighted by molar-refractivity contribution is 6.30. The molecule has 1 aliphatic carbocycles. The van der Waals surface area contributed by atoms with Crippen LogP contribution in [0.25, 0.3) is 0 Å². The molecule has 2 fully saturated rings. The maximum absolute atomic E-state index is 13.2. The topological polar surface area (TPSA) is 20.3 Å². The minimum Gasteiger partial charge on any atom is -0.303 e. The summed E-state index contributed by atoms with van der Waals surface area (Å²) < 4.78 is 39.6. The number of alkyl halides is 3. The van der Waals surface area contributed by atoms with Crippen molar-refractivity contribution >= 4 is 23.2 Å². The van der Waals surface area contributed by atoms with Gasteiger partial charge in [-0.25, -0.2) is 0 Å². The quantitative estimate of drug-likeness (QED) is 0.697. The van der Waals surface area contributed by atoms with Gasteiger partial charge in [-0.2, -0.15) is 13.2 Å². The van der Waals surface area contributed by atoms with Gasteiger partial charge < -0.3 is 4.90 Å². The lowest BCUT2D eigenvalue weighted by atomic mass is 9.76. The summed E-state index contributed by atoms with van der Waals surface area (Å²) in [7, 11) is 0. The molecule has 3 atom stereocenters. The number of carbonyl (C=O) groups excluding carboxylic acids is 1. The van der Waals surface area contributed by atoms with Crippen LogP contribution in [0.1, 0.15) is 18.0 Å². The molecule has 0 radical (unpaired) electrons. The fourth-order valence-corrected chi connectivity index (χ4v) is 3.92. The molecule has 1 spiro atoms. The average molecular weight is 352 g/mol. The molecule has 2 aliphatic rings. The fourth-order valence-electron chi connectivity index (χ4n) is 3.80. The third-order valence-electron chi connectivity index (χ3n) is 4.98. The monoisotopic (exact) mass is 351 g/mol. The molecule has 4 rings (SSSR count). The molecule has 2 aromatic rings. The first kappa shape index (κ1) is 15.5. The molecule has 0 aromatic heterocycles. The third kappa shape index (κ3) is 2.07. The molecule has 1 unspecified atom stereocenters. The SMILES string of the molecule is O=C1N(c2ccc(Cl)cc2)[C@H](c2ccccc2)[C@]12CC2C(F)(F)F. The van der Waals surface area contributed by atoms with Crippen molar-refractivity contribution in [2.24, 2.45) is 11.3 Å². The molecule has 2 nitrogen and oxygen atoms in total. The Morgan fingerprint density at radius 1 is 1.04 bits per heavy atom. The zero-order valence-corrected chi connectivity index (χ0v) is 13.2. The van der Waals surface area contributed by atoms with Gasteiger partial charge in [-0.1, -0.05) is 41.9 Å². The van der Waals surface area contributed by atoms with Gasteiger partial charge in [0.25, 0.3) is 0 Å². The van der Waals surface area contributed by atoms with Crippen LogP contribution in [-0.4, -0.2) is 12.1 Å². The molecule has 1 aliphatic heterocycles. The second kappa shape index (κ2) is 4.99. The number of anilines is 1. The Morgan fingerprint density at radius 3 is 2.21 bits per heavy atom. The van der Waals surface area contributed by atoms with Crippen molar-refractivity contribution in [2.75, 3.05) is 4.90 Å². The standard InChI is InChI=1S/C18H13ClF3NO/c19-12-6-8-13(9-7-12)23-15(11-4-2-1-3-5-11)17(16(23)24)10-14(17)18(20,21)22/h1-9,14-15H,10H2/t14?,15-,17-/m1/s1. The Bertz CT molecular complexity index is 790. The van der Waals surface area contributed by atoms with E-state index in [2.05, 4.69) is 0 Å². The Hall–Kier alpha value is -2.01. The van der Waals surface area contributed by atoms with Crippen LogP contribution in [0.15, 0.2) is 54.6 Å². The lowest BCUT2D eigenvalue weighted by Crippen LogP contribution is -2.59. The second-order valence-corrected chi connectivity index (χ2v) is 6.74. The lowest BCUT2D eigenvalue weighted by Gasteiger charge is -2.49. The predicted molar refractivity (Wildman–Crippen MR) is 84.7 cm³/mol. The first-order valence-corrected chi connectivity index (χ1v) is 7.94.